The Kier molecular flexibility index (Phi) is 5.91. The van der Waals surface area contributed by atoms with Crippen molar-refractivity contribution in [1.82, 2.24) is 0 Å². The van der Waals surface area contributed by atoms with Crippen LogP contribution in [0.1, 0.15) is 0 Å². The smallest absolute Gasteiger partial charge is 0.0207 e. The first kappa shape index (κ1) is 26.6. The third-order valence-corrected chi connectivity index (χ3v) is 11.0. The van der Waals surface area contributed by atoms with Crippen LogP contribution in [-0.4, -0.2) is 0 Å². The van der Waals surface area contributed by atoms with Crippen LogP contribution >= 0.6 is 11.8 Å². The summed E-state index contributed by atoms with van der Waals surface area (Å²) in [4.78, 5) is 2.65. The van der Waals surface area contributed by atoms with Crippen molar-refractivity contribution in [3.63, 3.8) is 0 Å². The monoisotopic (exact) mass is 612 g/mol. The highest BCUT2D eigenvalue weighted by atomic mass is 32.2. The zero-order valence-electron chi connectivity index (χ0n) is 25.6. The fourth-order valence-corrected chi connectivity index (χ4v) is 8.89. The standard InChI is InChI=1S/C46H28S/c1-2-14-34-29(10-1)11-7-19-35(34)30-22-24-32(25-23-30)44-36-15-3-5-17-38(36)45(39-18-6-4-16-37(39)44)33-26-27-42-41(28-33)40-20-8-12-31-13-9-21-43(47-42)46(31)40/h1-28H. The van der Waals surface area contributed by atoms with Crippen molar-refractivity contribution in [2.24, 2.45) is 0 Å². The molecular weight excluding hydrogens is 585 g/mol. The van der Waals surface area contributed by atoms with E-state index in [0.29, 0.717) is 0 Å². The lowest BCUT2D eigenvalue weighted by molar-refractivity contribution is 1.40. The molecule has 0 atom stereocenters. The first-order valence-electron chi connectivity index (χ1n) is 16.2. The number of rotatable bonds is 3. The van der Waals surface area contributed by atoms with Crippen LogP contribution in [0.5, 0.6) is 0 Å². The Morgan fingerprint density at radius 3 is 1.51 bits per heavy atom. The summed E-state index contributed by atoms with van der Waals surface area (Å²) in [7, 11) is 0. The summed E-state index contributed by atoms with van der Waals surface area (Å²) in [6.45, 7) is 0. The summed E-state index contributed by atoms with van der Waals surface area (Å²) in [5.41, 5.74) is 10.2. The molecule has 0 aliphatic carbocycles. The zero-order valence-corrected chi connectivity index (χ0v) is 26.4. The van der Waals surface area contributed by atoms with E-state index < -0.39 is 0 Å². The largest absolute Gasteiger partial charge is 0.0888 e. The quantitative estimate of drug-likeness (QED) is 0.179. The van der Waals surface area contributed by atoms with Crippen LogP contribution in [0.25, 0.3) is 87.6 Å². The van der Waals surface area contributed by atoms with Crippen LogP contribution in [0.15, 0.2) is 180 Å². The maximum atomic E-state index is 2.43. The average Bonchev–Trinajstić information content (AvgIpc) is 3.14. The van der Waals surface area contributed by atoms with E-state index in [1.165, 1.54) is 97.4 Å². The van der Waals surface area contributed by atoms with Crippen molar-refractivity contribution >= 4 is 54.9 Å². The van der Waals surface area contributed by atoms with Gasteiger partial charge in [0.1, 0.15) is 0 Å². The highest BCUT2D eigenvalue weighted by Gasteiger charge is 2.22. The van der Waals surface area contributed by atoms with Crippen molar-refractivity contribution in [3.05, 3.63) is 170 Å². The molecule has 0 N–H and O–H groups in total. The van der Waals surface area contributed by atoms with Gasteiger partial charge in [-0.2, -0.15) is 0 Å². The molecule has 0 saturated carbocycles. The van der Waals surface area contributed by atoms with Gasteiger partial charge in [-0.3, -0.25) is 0 Å². The van der Waals surface area contributed by atoms with Gasteiger partial charge in [-0.15, -0.1) is 0 Å². The van der Waals surface area contributed by atoms with Crippen molar-refractivity contribution < 1.29 is 0 Å². The summed E-state index contributed by atoms with van der Waals surface area (Å²) in [5, 5.41) is 10.3. The van der Waals surface area contributed by atoms with Crippen LogP contribution in [-0.2, 0) is 0 Å². The van der Waals surface area contributed by atoms with E-state index >= 15 is 0 Å². The lowest BCUT2D eigenvalue weighted by Crippen LogP contribution is -1.95. The van der Waals surface area contributed by atoms with Crippen molar-refractivity contribution in [2.75, 3.05) is 0 Å². The predicted octanol–water partition coefficient (Wildman–Crippen LogP) is 13.4. The molecule has 0 unspecified atom stereocenters. The van der Waals surface area contributed by atoms with Crippen molar-refractivity contribution in [1.29, 1.82) is 0 Å². The minimum atomic E-state index is 1.23. The van der Waals surface area contributed by atoms with E-state index in [1.807, 2.05) is 11.8 Å². The Morgan fingerprint density at radius 2 is 0.809 bits per heavy atom. The predicted molar refractivity (Wildman–Crippen MR) is 202 cm³/mol. The second kappa shape index (κ2) is 10.5. The molecule has 9 aromatic rings. The average molecular weight is 613 g/mol. The Hall–Kier alpha value is -5.63. The van der Waals surface area contributed by atoms with Gasteiger partial charge in [0, 0.05) is 15.2 Å². The van der Waals surface area contributed by atoms with Gasteiger partial charge in [-0.1, -0.05) is 163 Å². The molecule has 1 heterocycles. The minimum absolute atomic E-state index is 1.23. The maximum absolute atomic E-state index is 2.43. The van der Waals surface area contributed by atoms with Gasteiger partial charge in [-0.05, 0) is 100 Å². The molecule has 1 aliphatic heterocycles. The molecule has 1 aliphatic rings. The van der Waals surface area contributed by atoms with Gasteiger partial charge in [0.05, 0.1) is 0 Å². The molecule has 9 aromatic carbocycles. The van der Waals surface area contributed by atoms with Crippen LogP contribution in [0.2, 0.25) is 0 Å². The molecule has 0 aromatic heterocycles. The maximum Gasteiger partial charge on any atom is 0.0207 e. The number of benzene rings is 9. The Morgan fingerprint density at radius 1 is 0.298 bits per heavy atom. The van der Waals surface area contributed by atoms with E-state index in [-0.39, 0.29) is 0 Å². The fraction of sp³-hybridized carbons (Fsp3) is 0. The molecule has 10 rings (SSSR count). The molecule has 1 heteroatoms. The summed E-state index contributed by atoms with van der Waals surface area (Å²) in [6, 6.07) is 62.7. The van der Waals surface area contributed by atoms with E-state index in [2.05, 4.69) is 170 Å². The molecule has 47 heavy (non-hydrogen) atoms. The van der Waals surface area contributed by atoms with Crippen LogP contribution in [0.3, 0.4) is 0 Å². The van der Waals surface area contributed by atoms with E-state index in [9.17, 15) is 0 Å². The summed E-state index contributed by atoms with van der Waals surface area (Å²) in [5.74, 6) is 0. The molecule has 0 nitrogen and oxygen atoms in total. The molecule has 0 radical (unpaired) electrons. The summed E-state index contributed by atoms with van der Waals surface area (Å²) >= 11 is 1.89. The molecule has 0 spiro atoms. The van der Waals surface area contributed by atoms with E-state index in [4.69, 9.17) is 0 Å². The Labute approximate surface area is 278 Å². The van der Waals surface area contributed by atoms with Gasteiger partial charge < -0.3 is 0 Å². The van der Waals surface area contributed by atoms with Gasteiger partial charge in [0.15, 0.2) is 0 Å². The molecule has 0 saturated heterocycles. The van der Waals surface area contributed by atoms with Crippen LogP contribution in [0, 0.1) is 0 Å². The third-order valence-electron chi connectivity index (χ3n) is 9.85. The second-order valence-corrected chi connectivity index (χ2v) is 13.5. The molecule has 0 bridgehead atoms. The number of hydrogen-bond donors (Lipinski definition) is 0. The highest BCUT2D eigenvalue weighted by molar-refractivity contribution is 7.99. The molecule has 0 fully saturated rings. The van der Waals surface area contributed by atoms with Crippen molar-refractivity contribution in [2.45, 2.75) is 9.79 Å². The first-order valence-corrected chi connectivity index (χ1v) is 17.0. The topological polar surface area (TPSA) is 0 Å². The van der Waals surface area contributed by atoms with Crippen molar-refractivity contribution in [3.8, 4) is 44.5 Å². The highest BCUT2D eigenvalue weighted by Crippen LogP contribution is 2.50. The van der Waals surface area contributed by atoms with Gasteiger partial charge >= 0.3 is 0 Å². The fourth-order valence-electron chi connectivity index (χ4n) is 7.76. The molecule has 218 valence electrons. The van der Waals surface area contributed by atoms with Gasteiger partial charge in [-0.25, -0.2) is 0 Å². The normalized spacial score (nSPS) is 12.2. The lowest BCUT2D eigenvalue weighted by Gasteiger charge is -2.22. The van der Waals surface area contributed by atoms with Crippen LogP contribution < -0.4 is 0 Å². The molecule has 0 amide bonds. The van der Waals surface area contributed by atoms with Gasteiger partial charge in [0.25, 0.3) is 0 Å². The third kappa shape index (κ3) is 4.10. The Balaban J connectivity index is 1.18. The molecular formula is C46H28S. The summed E-state index contributed by atoms with van der Waals surface area (Å²) in [6.07, 6.45) is 0. The van der Waals surface area contributed by atoms with E-state index in [0.717, 1.165) is 0 Å². The summed E-state index contributed by atoms with van der Waals surface area (Å²) < 4.78 is 0. The second-order valence-electron chi connectivity index (χ2n) is 12.4. The number of hydrogen-bond acceptors (Lipinski definition) is 1. The lowest BCUT2D eigenvalue weighted by atomic mass is 9.85. The van der Waals surface area contributed by atoms with Gasteiger partial charge in [0.2, 0.25) is 0 Å². The SMILES string of the molecule is c1ccc2c(-c3ccc(-c4c5ccccc5c(-c5ccc6c(c5)-c5cccc7cccc(c57)S6)c5ccccc45)cc3)cccc2c1. The van der Waals surface area contributed by atoms with Crippen LogP contribution in [0.4, 0.5) is 0 Å². The van der Waals surface area contributed by atoms with E-state index in [1.54, 1.807) is 0 Å². The zero-order chi connectivity index (χ0) is 30.9. The number of fused-ring (bicyclic) bond motifs is 5. The Bertz CT molecular complexity index is 2630. The minimum Gasteiger partial charge on any atom is -0.0888 e. The first-order chi connectivity index (χ1) is 23.3.